The third-order valence-electron chi connectivity index (χ3n) is 4.63. The Morgan fingerprint density at radius 2 is 1.79 bits per heavy atom. The number of ether oxygens (including phenoxy) is 1. The molecule has 9 heteroatoms. The fraction of sp³-hybridized carbons (Fsp3) is 0.600. The maximum absolute atomic E-state index is 13.2. The van der Waals surface area contributed by atoms with Gasteiger partial charge in [-0.1, -0.05) is 30.3 Å². The topological polar surface area (TPSA) is 78.9 Å². The molecule has 3 atom stereocenters. The SMILES string of the molecule is CC(C)(C)OC(=O)NC1CC(N(Cc2ccccc2)C(=O)C(F)(F)F)CCC1O. The van der Waals surface area contributed by atoms with Gasteiger partial charge in [-0.2, -0.15) is 13.2 Å². The first kappa shape index (κ1) is 23.0. The van der Waals surface area contributed by atoms with Crippen molar-refractivity contribution in [3.8, 4) is 0 Å². The Morgan fingerprint density at radius 3 is 2.34 bits per heavy atom. The second kappa shape index (κ2) is 9.02. The Bertz CT molecular complexity index is 704. The van der Waals surface area contributed by atoms with Gasteiger partial charge in [-0.3, -0.25) is 4.79 Å². The van der Waals surface area contributed by atoms with Gasteiger partial charge in [0.25, 0.3) is 0 Å². The summed E-state index contributed by atoms with van der Waals surface area (Å²) in [7, 11) is 0. The molecule has 0 aromatic heterocycles. The highest BCUT2D eigenvalue weighted by Crippen LogP contribution is 2.29. The molecular weight excluding hydrogens is 389 g/mol. The van der Waals surface area contributed by atoms with Crippen molar-refractivity contribution in [2.24, 2.45) is 0 Å². The maximum atomic E-state index is 13.2. The third-order valence-corrected chi connectivity index (χ3v) is 4.63. The number of amides is 2. The largest absolute Gasteiger partial charge is 0.471 e. The van der Waals surface area contributed by atoms with E-state index in [1.807, 2.05) is 0 Å². The summed E-state index contributed by atoms with van der Waals surface area (Å²) in [6.45, 7) is 4.82. The number of carbonyl (C=O) groups excluding carboxylic acids is 2. The molecule has 1 aromatic rings. The lowest BCUT2D eigenvalue weighted by atomic mass is 9.87. The summed E-state index contributed by atoms with van der Waals surface area (Å²) in [5.41, 5.74) is -0.192. The van der Waals surface area contributed by atoms with Crippen LogP contribution < -0.4 is 5.32 Å². The van der Waals surface area contributed by atoms with Crippen molar-refractivity contribution in [2.75, 3.05) is 0 Å². The first-order chi connectivity index (χ1) is 13.4. The normalized spacial score (nSPS) is 22.7. The summed E-state index contributed by atoms with van der Waals surface area (Å²) in [5, 5.41) is 12.7. The van der Waals surface area contributed by atoms with Gasteiger partial charge in [0.2, 0.25) is 0 Å². The van der Waals surface area contributed by atoms with Gasteiger partial charge < -0.3 is 20.1 Å². The van der Waals surface area contributed by atoms with Crippen molar-refractivity contribution >= 4 is 12.0 Å². The number of hydrogen-bond acceptors (Lipinski definition) is 4. The molecule has 6 nitrogen and oxygen atoms in total. The molecule has 0 heterocycles. The minimum absolute atomic E-state index is 0.00490. The minimum Gasteiger partial charge on any atom is -0.444 e. The van der Waals surface area contributed by atoms with Gasteiger partial charge in [0, 0.05) is 12.6 Å². The summed E-state index contributed by atoms with van der Waals surface area (Å²) >= 11 is 0. The van der Waals surface area contributed by atoms with E-state index in [4.69, 9.17) is 4.74 Å². The number of aliphatic hydroxyl groups excluding tert-OH is 1. The fourth-order valence-corrected chi connectivity index (χ4v) is 3.34. The molecule has 0 bridgehead atoms. The standard InChI is InChI=1S/C20H27F3N2O4/c1-19(2,3)29-18(28)24-15-11-14(9-10-16(15)26)25(17(27)20(21,22)23)12-13-7-5-4-6-8-13/h4-8,14-16,26H,9-12H2,1-3H3,(H,24,28). The Balaban J connectivity index is 2.17. The molecule has 2 N–H and O–H groups in total. The molecule has 1 saturated carbocycles. The molecule has 162 valence electrons. The number of aliphatic hydroxyl groups is 1. The van der Waals surface area contributed by atoms with E-state index in [2.05, 4.69) is 5.32 Å². The first-order valence-corrected chi connectivity index (χ1v) is 9.46. The van der Waals surface area contributed by atoms with Crippen LogP contribution in [0.15, 0.2) is 30.3 Å². The van der Waals surface area contributed by atoms with Gasteiger partial charge in [0.05, 0.1) is 12.1 Å². The molecule has 29 heavy (non-hydrogen) atoms. The van der Waals surface area contributed by atoms with Crippen molar-refractivity contribution in [3.05, 3.63) is 35.9 Å². The minimum atomic E-state index is -5.01. The van der Waals surface area contributed by atoms with Gasteiger partial charge in [-0.15, -0.1) is 0 Å². The summed E-state index contributed by atoms with van der Waals surface area (Å²) in [5.74, 6) is -1.93. The van der Waals surface area contributed by atoms with Crippen LogP contribution in [0.1, 0.15) is 45.6 Å². The van der Waals surface area contributed by atoms with E-state index in [1.165, 1.54) is 0 Å². The lowest BCUT2D eigenvalue weighted by Crippen LogP contribution is -2.55. The number of alkyl halides is 3. The van der Waals surface area contributed by atoms with Gasteiger partial charge >= 0.3 is 18.2 Å². The van der Waals surface area contributed by atoms with Crippen LogP contribution in [-0.2, 0) is 16.1 Å². The fourth-order valence-electron chi connectivity index (χ4n) is 3.34. The summed E-state index contributed by atoms with van der Waals surface area (Å²) in [6, 6.07) is 6.79. The van der Waals surface area contributed by atoms with E-state index in [-0.39, 0.29) is 25.8 Å². The van der Waals surface area contributed by atoms with E-state index in [0.717, 1.165) is 4.90 Å². The molecule has 1 aliphatic rings. The Kier molecular flexibility index (Phi) is 7.15. The highest BCUT2D eigenvalue weighted by atomic mass is 19.4. The molecule has 0 saturated heterocycles. The lowest BCUT2D eigenvalue weighted by Gasteiger charge is -2.40. The van der Waals surface area contributed by atoms with Crippen LogP contribution in [0.25, 0.3) is 0 Å². The Morgan fingerprint density at radius 1 is 1.17 bits per heavy atom. The predicted octanol–water partition coefficient (Wildman–Crippen LogP) is 3.38. The van der Waals surface area contributed by atoms with Crippen LogP contribution in [0.5, 0.6) is 0 Å². The number of halogens is 3. The third kappa shape index (κ3) is 6.92. The van der Waals surface area contributed by atoms with E-state index in [9.17, 15) is 27.9 Å². The molecule has 2 rings (SSSR count). The number of benzene rings is 1. The lowest BCUT2D eigenvalue weighted by molar-refractivity contribution is -0.189. The molecule has 2 amide bonds. The average molecular weight is 416 g/mol. The van der Waals surface area contributed by atoms with Crippen LogP contribution >= 0.6 is 0 Å². The molecular formula is C20H27F3N2O4. The zero-order chi connectivity index (χ0) is 21.8. The van der Waals surface area contributed by atoms with Gasteiger partial charge in [-0.05, 0) is 45.6 Å². The molecule has 1 fully saturated rings. The molecule has 3 unspecified atom stereocenters. The Hall–Kier alpha value is -2.29. The summed E-state index contributed by atoms with van der Waals surface area (Å²) in [6.07, 6.45) is -6.37. The first-order valence-electron chi connectivity index (χ1n) is 9.46. The number of alkyl carbamates (subject to hydrolysis) is 1. The highest BCUT2D eigenvalue weighted by Gasteiger charge is 2.46. The molecule has 1 aliphatic carbocycles. The van der Waals surface area contributed by atoms with Crippen molar-refractivity contribution in [2.45, 2.75) is 76.5 Å². The number of hydrogen-bond donors (Lipinski definition) is 2. The monoisotopic (exact) mass is 416 g/mol. The zero-order valence-electron chi connectivity index (χ0n) is 16.7. The van der Waals surface area contributed by atoms with E-state index in [1.54, 1.807) is 51.1 Å². The van der Waals surface area contributed by atoms with Crippen molar-refractivity contribution in [1.29, 1.82) is 0 Å². The number of nitrogens with zero attached hydrogens (tertiary/aromatic N) is 1. The van der Waals surface area contributed by atoms with Crippen LogP contribution in [0, 0.1) is 0 Å². The molecule has 1 aromatic carbocycles. The van der Waals surface area contributed by atoms with Gasteiger partial charge in [-0.25, -0.2) is 4.79 Å². The van der Waals surface area contributed by atoms with Gasteiger partial charge in [0.15, 0.2) is 0 Å². The van der Waals surface area contributed by atoms with Crippen molar-refractivity contribution in [1.82, 2.24) is 10.2 Å². The number of carbonyl (C=O) groups is 2. The highest BCUT2D eigenvalue weighted by molar-refractivity contribution is 5.82. The van der Waals surface area contributed by atoms with E-state index in [0.29, 0.717) is 5.56 Å². The number of rotatable bonds is 4. The zero-order valence-corrected chi connectivity index (χ0v) is 16.7. The van der Waals surface area contributed by atoms with E-state index >= 15 is 0 Å². The Labute approximate surface area is 168 Å². The maximum Gasteiger partial charge on any atom is 0.471 e. The van der Waals surface area contributed by atoms with Crippen LogP contribution in [0.2, 0.25) is 0 Å². The number of nitrogens with one attached hydrogen (secondary N) is 1. The second-order valence-electron chi connectivity index (χ2n) is 8.20. The quantitative estimate of drug-likeness (QED) is 0.789. The smallest absolute Gasteiger partial charge is 0.444 e. The van der Waals surface area contributed by atoms with Crippen LogP contribution in [0.4, 0.5) is 18.0 Å². The van der Waals surface area contributed by atoms with E-state index < -0.39 is 42.0 Å². The predicted molar refractivity (Wildman–Crippen MR) is 99.9 cm³/mol. The summed E-state index contributed by atoms with van der Waals surface area (Å²) in [4.78, 5) is 24.9. The van der Waals surface area contributed by atoms with Crippen LogP contribution in [0.3, 0.4) is 0 Å². The molecule has 0 radical (unpaired) electrons. The second-order valence-corrected chi connectivity index (χ2v) is 8.20. The van der Waals surface area contributed by atoms with Crippen LogP contribution in [-0.4, -0.2) is 52.0 Å². The van der Waals surface area contributed by atoms with Crippen molar-refractivity contribution in [3.63, 3.8) is 0 Å². The van der Waals surface area contributed by atoms with Gasteiger partial charge in [0.1, 0.15) is 5.60 Å². The van der Waals surface area contributed by atoms with Crippen molar-refractivity contribution < 1.29 is 32.6 Å². The molecule has 0 aliphatic heterocycles. The average Bonchev–Trinajstić information content (AvgIpc) is 2.59. The molecule has 0 spiro atoms. The summed E-state index contributed by atoms with van der Waals surface area (Å²) < 4.78 is 44.7.